The largest absolute Gasteiger partial charge is 0.377 e. The van der Waals surface area contributed by atoms with Crippen molar-refractivity contribution in [2.75, 3.05) is 11.9 Å². The number of carbonyl (C=O) groups is 1. The van der Waals surface area contributed by atoms with Crippen molar-refractivity contribution in [2.24, 2.45) is 17.1 Å². The van der Waals surface area contributed by atoms with Gasteiger partial charge in [0.15, 0.2) is 0 Å². The highest BCUT2D eigenvalue weighted by molar-refractivity contribution is 6.30. The van der Waals surface area contributed by atoms with Crippen LogP contribution in [0.5, 0.6) is 0 Å². The van der Waals surface area contributed by atoms with Crippen molar-refractivity contribution in [3.05, 3.63) is 29.0 Å². The van der Waals surface area contributed by atoms with E-state index < -0.39 is 16.8 Å². The molecule has 3 unspecified atom stereocenters. The van der Waals surface area contributed by atoms with Crippen molar-refractivity contribution >= 4 is 23.2 Å². The lowest BCUT2D eigenvalue weighted by atomic mass is 9.48. The van der Waals surface area contributed by atoms with E-state index in [0.717, 1.165) is 6.42 Å². The fourth-order valence-electron chi connectivity index (χ4n) is 3.66. The summed E-state index contributed by atoms with van der Waals surface area (Å²) in [6.07, 6.45) is 0.730. The molecule has 1 aliphatic heterocycles. The van der Waals surface area contributed by atoms with Crippen LogP contribution in [-0.2, 0) is 9.53 Å². The number of carbonyl (C=O) groups excluding carboxylic acids is 1. The van der Waals surface area contributed by atoms with Crippen LogP contribution in [0.4, 0.5) is 10.1 Å². The van der Waals surface area contributed by atoms with Gasteiger partial charge >= 0.3 is 0 Å². The number of amides is 1. The van der Waals surface area contributed by atoms with Gasteiger partial charge in [-0.3, -0.25) is 4.79 Å². The SMILES string of the molecule is CC1(C)C2OCCC2C1(N)C(=O)Nc1cc(Cl)ccc1F. The smallest absolute Gasteiger partial charge is 0.245 e. The van der Waals surface area contributed by atoms with Crippen molar-refractivity contribution in [1.29, 1.82) is 0 Å². The summed E-state index contributed by atoms with van der Waals surface area (Å²) in [5, 5.41) is 2.94. The number of anilines is 1. The van der Waals surface area contributed by atoms with E-state index in [2.05, 4.69) is 5.32 Å². The lowest BCUT2D eigenvalue weighted by molar-refractivity contribution is -0.170. The molecule has 1 saturated heterocycles. The van der Waals surface area contributed by atoms with E-state index in [1.165, 1.54) is 18.2 Å². The Bertz CT molecular complexity index is 607. The maximum absolute atomic E-state index is 13.8. The number of fused-ring (bicyclic) bond motifs is 1. The van der Waals surface area contributed by atoms with E-state index in [0.29, 0.717) is 11.6 Å². The van der Waals surface area contributed by atoms with E-state index in [1.807, 2.05) is 13.8 Å². The molecule has 2 aliphatic rings. The summed E-state index contributed by atoms with van der Waals surface area (Å²) in [6, 6.07) is 4.03. The lowest BCUT2D eigenvalue weighted by Crippen LogP contribution is -2.79. The summed E-state index contributed by atoms with van der Waals surface area (Å²) in [5.41, 5.74) is 4.89. The number of hydrogen-bond acceptors (Lipinski definition) is 3. The molecule has 3 rings (SSSR count). The average Bonchev–Trinajstić information content (AvgIpc) is 2.90. The first-order valence-electron chi connectivity index (χ1n) is 6.95. The average molecular weight is 313 g/mol. The third-order valence-electron chi connectivity index (χ3n) is 5.01. The molecule has 21 heavy (non-hydrogen) atoms. The molecule has 1 saturated carbocycles. The number of rotatable bonds is 2. The van der Waals surface area contributed by atoms with Gasteiger partial charge in [-0.05, 0) is 24.6 Å². The van der Waals surface area contributed by atoms with E-state index in [4.69, 9.17) is 22.1 Å². The molecule has 0 radical (unpaired) electrons. The van der Waals surface area contributed by atoms with Crippen LogP contribution in [0.15, 0.2) is 18.2 Å². The van der Waals surface area contributed by atoms with Crippen molar-refractivity contribution in [1.82, 2.24) is 0 Å². The summed E-state index contributed by atoms with van der Waals surface area (Å²) < 4.78 is 19.4. The van der Waals surface area contributed by atoms with Gasteiger partial charge in [0, 0.05) is 23.0 Å². The number of nitrogens with two attached hydrogens (primary N) is 1. The molecule has 2 fully saturated rings. The predicted molar refractivity (Wildman–Crippen MR) is 78.6 cm³/mol. The second-order valence-corrected chi connectivity index (χ2v) is 6.79. The Labute approximate surface area is 127 Å². The topological polar surface area (TPSA) is 64.3 Å². The highest BCUT2D eigenvalue weighted by Crippen LogP contribution is 2.58. The Hall–Kier alpha value is -1.17. The predicted octanol–water partition coefficient (Wildman–Crippen LogP) is 2.56. The van der Waals surface area contributed by atoms with Gasteiger partial charge in [0.25, 0.3) is 0 Å². The van der Waals surface area contributed by atoms with Crippen LogP contribution in [0.2, 0.25) is 5.02 Å². The zero-order valence-corrected chi connectivity index (χ0v) is 12.7. The summed E-state index contributed by atoms with van der Waals surface area (Å²) in [6.45, 7) is 4.43. The minimum atomic E-state index is -1.07. The zero-order chi connectivity index (χ0) is 15.4. The van der Waals surface area contributed by atoms with Gasteiger partial charge < -0.3 is 15.8 Å². The summed E-state index contributed by atoms with van der Waals surface area (Å²) in [4.78, 5) is 12.6. The molecule has 4 nitrogen and oxygen atoms in total. The minimum absolute atomic E-state index is 0.0162. The Kier molecular flexibility index (Phi) is 3.28. The van der Waals surface area contributed by atoms with Gasteiger partial charge in [-0.15, -0.1) is 0 Å². The molecule has 1 aromatic carbocycles. The molecule has 6 heteroatoms. The first-order chi connectivity index (χ1) is 9.78. The van der Waals surface area contributed by atoms with E-state index in [9.17, 15) is 9.18 Å². The molecule has 0 spiro atoms. The molecule has 3 atom stereocenters. The van der Waals surface area contributed by atoms with Crippen molar-refractivity contribution in [2.45, 2.75) is 31.9 Å². The molecule has 1 amide bonds. The highest BCUT2D eigenvalue weighted by atomic mass is 35.5. The molecular weight excluding hydrogens is 295 g/mol. The van der Waals surface area contributed by atoms with Gasteiger partial charge in [-0.2, -0.15) is 0 Å². The molecule has 114 valence electrons. The van der Waals surface area contributed by atoms with Gasteiger partial charge in [0.05, 0.1) is 11.8 Å². The van der Waals surface area contributed by atoms with Gasteiger partial charge in [0.2, 0.25) is 5.91 Å². The maximum atomic E-state index is 13.8. The number of benzene rings is 1. The number of nitrogens with one attached hydrogen (secondary N) is 1. The zero-order valence-electron chi connectivity index (χ0n) is 12.0. The van der Waals surface area contributed by atoms with E-state index >= 15 is 0 Å². The van der Waals surface area contributed by atoms with Gasteiger partial charge in [-0.25, -0.2) is 4.39 Å². The van der Waals surface area contributed by atoms with E-state index in [1.54, 1.807) is 0 Å². The molecule has 1 heterocycles. The van der Waals surface area contributed by atoms with Crippen molar-refractivity contribution < 1.29 is 13.9 Å². The van der Waals surface area contributed by atoms with Crippen LogP contribution in [0.3, 0.4) is 0 Å². The van der Waals surface area contributed by atoms with Crippen LogP contribution >= 0.6 is 11.6 Å². The maximum Gasteiger partial charge on any atom is 0.245 e. The molecule has 0 bridgehead atoms. The van der Waals surface area contributed by atoms with Crippen LogP contribution in [0, 0.1) is 17.2 Å². The Morgan fingerprint density at radius 2 is 2.24 bits per heavy atom. The Morgan fingerprint density at radius 1 is 1.52 bits per heavy atom. The number of halogens is 2. The standard InChI is InChI=1S/C15H18ClFN2O2/c1-14(2)12-9(5-6-21-12)15(14,18)13(20)19-11-7-8(16)3-4-10(11)17/h3-4,7,9,12H,5-6,18H2,1-2H3,(H,19,20). The summed E-state index contributed by atoms with van der Waals surface area (Å²) in [5.74, 6) is -0.956. The molecule has 3 N–H and O–H groups in total. The fourth-order valence-corrected chi connectivity index (χ4v) is 3.84. The number of ether oxygens (including phenoxy) is 1. The third kappa shape index (κ3) is 1.91. The van der Waals surface area contributed by atoms with E-state index in [-0.39, 0.29) is 23.6 Å². The number of hydrogen-bond donors (Lipinski definition) is 2. The van der Waals surface area contributed by atoms with Gasteiger partial charge in [-0.1, -0.05) is 25.4 Å². The molecule has 1 aliphatic carbocycles. The fraction of sp³-hybridized carbons (Fsp3) is 0.533. The summed E-state index contributed by atoms with van der Waals surface area (Å²) >= 11 is 5.84. The van der Waals surface area contributed by atoms with Crippen molar-refractivity contribution in [3.63, 3.8) is 0 Å². The van der Waals surface area contributed by atoms with Crippen molar-refractivity contribution in [3.8, 4) is 0 Å². The molecule has 0 aromatic heterocycles. The molecule has 1 aromatic rings. The first-order valence-corrected chi connectivity index (χ1v) is 7.33. The van der Waals surface area contributed by atoms with Crippen LogP contribution in [0.25, 0.3) is 0 Å². The highest BCUT2D eigenvalue weighted by Gasteiger charge is 2.71. The molecular formula is C15H18ClFN2O2. The van der Waals surface area contributed by atoms with Crippen LogP contribution < -0.4 is 11.1 Å². The quantitative estimate of drug-likeness (QED) is 0.882. The van der Waals surface area contributed by atoms with Gasteiger partial charge in [0.1, 0.15) is 11.4 Å². The first kappa shape index (κ1) is 14.8. The second-order valence-electron chi connectivity index (χ2n) is 6.36. The Balaban J connectivity index is 1.87. The minimum Gasteiger partial charge on any atom is -0.377 e. The van der Waals surface area contributed by atoms with Crippen LogP contribution in [-0.4, -0.2) is 24.2 Å². The third-order valence-corrected chi connectivity index (χ3v) is 5.24. The normalized spacial score (nSPS) is 33.2. The lowest BCUT2D eigenvalue weighted by Gasteiger charge is -2.60. The van der Waals surface area contributed by atoms with Crippen LogP contribution in [0.1, 0.15) is 20.3 Å². The summed E-state index contributed by atoms with van der Waals surface area (Å²) in [7, 11) is 0. The monoisotopic (exact) mass is 312 g/mol. The Morgan fingerprint density at radius 3 is 2.95 bits per heavy atom. The second kappa shape index (κ2) is 4.66.